The van der Waals surface area contributed by atoms with Crippen molar-refractivity contribution in [1.82, 2.24) is 15.1 Å². The zero-order valence-corrected chi connectivity index (χ0v) is 11.6. The summed E-state index contributed by atoms with van der Waals surface area (Å²) >= 11 is 0. The smallest absolute Gasteiger partial charge is 0.0762 e. The van der Waals surface area contributed by atoms with Gasteiger partial charge < -0.3 is 15.5 Å². The number of rotatable bonds is 8. The first kappa shape index (κ1) is 15.1. The third-order valence-corrected chi connectivity index (χ3v) is 3.37. The number of hydrogen-bond donors (Lipinski definition) is 3. The molecule has 0 aliphatic rings. The second kappa shape index (κ2) is 6.87. The van der Waals surface area contributed by atoms with E-state index < -0.39 is 5.54 Å². The Hall–Kier alpha value is -0.910. The Morgan fingerprint density at radius 2 is 1.94 bits per heavy atom. The lowest BCUT2D eigenvalue weighted by molar-refractivity contribution is 0.103. The molecule has 3 N–H and O–H groups in total. The predicted molar refractivity (Wildman–Crippen MR) is 71.3 cm³/mol. The molecule has 0 aromatic carbocycles. The van der Waals surface area contributed by atoms with Crippen LogP contribution < -0.4 is 5.32 Å². The van der Waals surface area contributed by atoms with Crippen molar-refractivity contribution in [2.45, 2.75) is 51.7 Å². The second-order valence-corrected chi connectivity index (χ2v) is 4.99. The molecular formula is C13H25N3O2. The summed E-state index contributed by atoms with van der Waals surface area (Å²) in [5.41, 5.74) is 0.272. The van der Waals surface area contributed by atoms with E-state index in [-0.39, 0.29) is 13.2 Å². The summed E-state index contributed by atoms with van der Waals surface area (Å²) in [7, 11) is 0. The van der Waals surface area contributed by atoms with Crippen molar-refractivity contribution in [2.75, 3.05) is 13.2 Å². The lowest BCUT2D eigenvalue weighted by Gasteiger charge is -2.25. The predicted octanol–water partition coefficient (Wildman–Crippen LogP) is 1.08. The van der Waals surface area contributed by atoms with Gasteiger partial charge in [0, 0.05) is 12.7 Å². The van der Waals surface area contributed by atoms with Crippen LogP contribution in [0.1, 0.15) is 45.3 Å². The van der Waals surface area contributed by atoms with Crippen molar-refractivity contribution < 1.29 is 10.2 Å². The number of nitrogens with one attached hydrogen (secondary N) is 1. The fraction of sp³-hybridized carbons (Fsp3) is 0.769. The summed E-state index contributed by atoms with van der Waals surface area (Å²) in [6, 6.07) is 2.42. The summed E-state index contributed by atoms with van der Waals surface area (Å²) in [6.07, 6.45) is 4.12. The lowest BCUT2D eigenvalue weighted by atomic mass is 10.1. The molecule has 0 amide bonds. The Labute approximate surface area is 109 Å². The zero-order valence-electron chi connectivity index (χ0n) is 11.6. The minimum Gasteiger partial charge on any atom is -0.394 e. The van der Waals surface area contributed by atoms with Crippen molar-refractivity contribution >= 4 is 0 Å². The molecule has 0 aliphatic carbocycles. The fourth-order valence-corrected chi connectivity index (χ4v) is 1.80. The van der Waals surface area contributed by atoms with Crippen LogP contribution >= 0.6 is 0 Å². The fourth-order valence-electron chi connectivity index (χ4n) is 1.80. The van der Waals surface area contributed by atoms with Crippen LogP contribution in [0, 0.1) is 0 Å². The Morgan fingerprint density at radius 1 is 1.33 bits per heavy atom. The molecule has 1 rings (SSSR count). The van der Waals surface area contributed by atoms with E-state index in [9.17, 15) is 10.2 Å². The van der Waals surface area contributed by atoms with E-state index in [0.29, 0.717) is 12.6 Å². The van der Waals surface area contributed by atoms with E-state index in [1.165, 1.54) is 0 Å². The quantitative estimate of drug-likeness (QED) is 0.650. The van der Waals surface area contributed by atoms with Crippen molar-refractivity contribution in [3.05, 3.63) is 18.0 Å². The second-order valence-electron chi connectivity index (χ2n) is 4.99. The van der Waals surface area contributed by atoms with Gasteiger partial charge in [0.2, 0.25) is 0 Å². The monoisotopic (exact) mass is 255 g/mol. The van der Waals surface area contributed by atoms with Gasteiger partial charge in [-0.2, -0.15) is 5.10 Å². The maximum absolute atomic E-state index is 9.18. The summed E-state index contributed by atoms with van der Waals surface area (Å²) in [4.78, 5) is 0. The average Bonchev–Trinajstić information content (AvgIpc) is 2.86. The van der Waals surface area contributed by atoms with E-state index in [1.807, 2.05) is 16.9 Å². The number of nitrogens with zero attached hydrogens (tertiary/aromatic N) is 2. The van der Waals surface area contributed by atoms with Crippen LogP contribution in [0.5, 0.6) is 0 Å². The van der Waals surface area contributed by atoms with E-state index in [2.05, 4.69) is 24.3 Å². The van der Waals surface area contributed by atoms with Crippen molar-refractivity contribution in [3.63, 3.8) is 0 Å². The molecule has 0 bridgehead atoms. The van der Waals surface area contributed by atoms with Crippen molar-refractivity contribution in [3.8, 4) is 0 Å². The molecule has 0 atom stereocenters. The molecule has 0 fully saturated rings. The number of aromatic nitrogens is 2. The van der Waals surface area contributed by atoms with Crippen LogP contribution in [-0.2, 0) is 6.54 Å². The first-order chi connectivity index (χ1) is 8.58. The minimum absolute atomic E-state index is 0.100. The van der Waals surface area contributed by atoms with Gasteiger partial charge in [-0.3, -0.25) is 4.68 Å². The maximum Gasteiger partial charge on any atom is 0.0762 e. The molecular weight excluding hydrogens is 230 g/mol. The molecule has 0 aliphatic heterocycles. The average molecular weight is 255 g/mol. The van der Waals surface area contributed by atoms with Gasteiger partial charge in [-0.15, -0.1) is 0 Å². The highest BCUT2D eigenvalue weighted by Gasteiger charge is 2.21. The molecule has 18 heavy (non-hydrogen) atoms. The van der Waals surface area contributed by atoms with Gasteiger partial charge in [-0.1, -0.05) is 13.8 Å². The van der Waals surface area contributed by atoms with Gasteiger partial charge in [0.15, 0.2) is 0 Å². The van der Waals surface area contributed by atoms with Gasteiger partial charge in [0.1, 0.15) is 0 Å². The molecule has 0 unspecified atom stereocenters. The largest absolute Gasteiger partial charge is 0.394 e. The highest BCUT2D eigenvalue weighted by molar-refractivity contribution is 5.00. The van der Waals surface area contributed by atoms with Gasteiger partial charge in [0.25, 0.3) is 0 Å². The number of aliphatic hydroxyl groups is 2. The SMILES string of the molecule is CCC(CC)n1ccc(CNC(C)(CO)CO)n1. The first-order valence-corrected chi connectivity index (χ1v) is 6.59. The van der Waals surface area contributed by atoms with Crippen LogP contribution in [0.3, 0.4) is 0 Å². The topological polar surface area (TPSA) is 70.3 Å². The standard InChI is InChI=1S/C13H25N3O2/c1-4-12(5-2)16-7-6-11(15-16)8-14-13(3,9-17)10-18/h6-7,12,14,17-18H,4-5,8-10H2,1-3H3. The first-order valence-electron chi connectivity index (χ1n) is 6.59. The van der Waals surface area contributed by atoms with E-state index in [4.69, 9.17) is 0 Å². The highest BCUT2D eigenvalue weighted by atomic mass is 16.3. The summed E-state index contributed by atoms with van der Waals surface area (Å²) in [5.74, 6) is 0. The summed E-state index contributed by atoms with van der Waals surface area (Å²) in [5, 5.41) is 26.0. The maximum atomic E-state index is 9.18. The molecule has 5 heteroatoms. The highest BCUT2D eigenvalue weighted by Crippen LogP contribution is 2.14. The Kier molecular flexibility index (Phi) is 5.78. The van der Waals surface area contributed by atoms with Gasteiger partial charge in [-0.25, -0.2) is 0 Å². The van der Waals surface area contributed by atoms with Gasteiger partial charge in [-0.05, 0) is 25.8 Å². The van der Waals surface area contributed by atoms with Crippen LogP contribution in [0.25, 0.3) is 0 Å². The molecule has 1 aromatic heterocycles. The molecule has 1 aromatic rings. The molecule has 0 saturated carbocycles. The van der Waals surface area contributed by atoms with Crippen LogP contribution in [-0.4, -0.2) is 38.7 Å². The molecule has 1 heterocycles. The molecule has 104 valence electrons. The van der Waals surface area contributed by atoms with E-state index in [0.717, 1.165) is 18.5 Å². The molecule has 0 radical (unpaired) electrons. The minimum atomic E-state index is -0.654. The third-order valence-electron chi connectivity index (χ3n) is 3.37. The Balaban J connectivity index is 2.59. The summed E-state index contributed by atoms with van der Waals surface area (Å²) < 4.78 is 1.99. The number of hydrogen-bond acceptors (Lipinski definition) is 4. The zero-order chi connectivity index (χ0) is 13.6. The van der Waals surface area contributed by atoms with Crippen LogP contribution in [0.4, 0.5) is 0 Å². The lowest BCUT2D eigenvalue weighted by Crippen LogP contribution is -2.48. The number of aliphatic hydroxyl groups excluding tert-OH is 2. The third kappa shape index (κ3) is 3.80. The molecule has 0 saturated heterocycles. The summed E-state index contributed by atoms with van der Waals surface area (Å²) in [6.45, 7) is 6.44. The van der Waals surface area contributed by atoms with Gasteiger partial charge >= 0.3 is 0 Å². The Bertz CT molecular complexity index is 344. The van der Waals surface area contributed by atoms with Crippen LogP contribution in [0.15, 0.2) is 12.3 Å². The van der Waals surface area contributed by atoms with E-state index >= 15 is 0 Å². The molecule has 0 spiro atoms. The Morgan fingerprint density at radius 3 is 2.44 bits per heavy atom. The van der Waals surface area contributed by atoms with Gasteiger partial charge in [0.05, 0.1) is 30.5 Å². The van der Waals surface area contributed by atoms with Crippen molar-refractivity contribution in [1.29, 1.82) is 0 Å². The normalized spacial score (nSPS) is 12.3. The molecule has 5 nitrogen and oxygen atoms in total. The van der Waals surface area contributed by atoms with Crippen LogP contribution in [0.2, 0.25) is 0 Å². The van der Waals surface area contributed by atoms with E-state index in [1.54, 1.807) is 6.92 Å². The van der Waals surface area contributed by atoms with Crippen molar-refractivity contribution in [2.24, 2.45) is 0 Å².